The van der Waals surface area contributed by atoms with Crippen LogP contribution in [0.2, 0.25) is 0 Å². The number of anilines is 1. The minimum Gasteiger partial charge on any atom is -0.491 e. The number of methoxy groups -OCH3 is 1. The monoisotopic (exact) mass is 364 g/mol. The van der Waals surface area contributed by atoms with Gasteiger partial charge in [-0.25, -0.2) is 0 Å². The second kappa shape index (κ2) is 9.90. The van der Waals surface area contributed by atoms with Crippen LogP contribution in [0.3, 0.4) is 0 Å². The van der Waals surface area contributed by atoms with Gasteiger partial charge in [-0.05, 0) is 31.9 Å². The molecule has 0 aromatic heterocycles. The molecule has 3 unspecified atom stereocenters. The van der Waals surface area contributed by atoms with Gasteiger partial charge in [0.15, 0.2) is 0 Å². The summed E-state index contributed by atoms with van der Waals surface area (Å²) in [6.07, 6.45) is 0.260. The van der Waals surface area contributed by atoms with Gasteiger partial charge in [0, 0.05) is 32.0 Å². The number of rotatable bonds is 8. The van der Waals surface area contributed by atoms with Gasteiger partial charge in [0.25, 0.3) is 0 Å². The summed E-state index contributed by atoms with van der Waals surface area (Å²) in [5.74, 6) is 0.929. The van der Waals surface area contributed by atoms with Crippen molar-refractivity contribution in [2.24, 2.45) is 5.92 Å². The molecule has 146 valence electrons. The van der Waals surface area contributed by atoms with E-state index in [-0.39, 0.29) is 30.1 Å². The molecule has 1 aliphatic rings. The van der Waals surface area contributed by atoms with Gasteiger partial charge >= 0.3 is 0 Å². The number of morpholine rings is 1. The first-order valence-corrected chi connectivity index (χ1v) is 9.33. The Balaban J connectivity index is 2.04. The third-order valence-corrected chi connectivity index (χ3v) is 4.40. The van der Waals surface area contributed by atoms with E-state index in [1.54, 1.807) is 7.11 Å². The van der Waals surface area contributed by atoms with Crippen LogP contribution in [0, 0.1) is 5.92 Å². The molecule has 1 amide bonds. The molecular formula is C20H32N2O4. The molecule has 1 aliphatic heterocycles. The number of amides is 1. The molecule has 0 bridgehead atoms. The molecule has 1 saturated heterocycles. The van der Waals surface area contributed by atoms with Crippen LogP contribution < -0.4 is 10.1 Å². The average molecular weight is 364 g/mol. The zero-order valence-corrected chi connectivity index (χ0v) is 16.5. The predicted molar refractivity (Wildman–Crippen MR) is 103 cm³/mol. The fourth-order valence-electron chi connectivity index (χ4n) is 3.46. The van der Waals surface area contributed by atoms with E-state index in [0.717, 1.165) is 24.5 Å². The van der Waals surface area contributed by atoms with Crippen LogP contribution in [0.25, 0.3) is 0 Å². The highest BCUT2D eigenvalue weighted by Gasteiger charge is 2.34. The van der Waals surface area contributed by atoms with E-state index in [0.29, 0.717) is 13.2 Å². The van der Waals surface area contributed by atoms with Gasteiger partial charge in [0.2, 0.25) is 5.91 Å². The van der Waals surface area contributed by atoms with Crippen molar-refractivity contribution in [3.8, 4) is 5.75 Å². The van der Waals surface area contributed by atoms with Crippen molar-refractivity contribution >= 4 is 11.6 Å². The summed E-state index contributed by atoms with van der Waals surface area (Å²) in [6, 6.07) is 7.28. The van der Waals surface area contributed by atoms with E-state index in [1.807, 2.05) is 24.3 Å². The first-order chi connectivity index (χ1) is 12.4. The first kappa shape index (κ1) is 20.7. The summed E-state index contributed by atoms with van der Waals surface area (Å²) in [4.78, 5) is 15.2. The lowest BCUT2D eigenvalue weighted by atomic mass is 9.99. The van der Waals surface area contributed by atoms with Crippen molar-refractivity contribution in [3.05, 3.63) is 24.3 Å². The van der Waals surface area contributed by atoms with Gasteiger partial charge in [0.05, 0.1) is 24.9 Å². The number of carbonyl (C=O) groups is 1. The fourth-order valence-corrected chi connectivity index (χ4v) is 3.46. The Morgan fingerprint density at radius 3 is 2.58 bits per heavy atom. The second-order valence-electron chi connectivity index (χ2n) is 7.26. The molecule has 6 heteroatoms. The number of nitrogens with one attached hydrogen (secondary N) is 1. The highest BCUT2D eigenvalue weighted by molar-refractivity contribution is 5.95. The van der Waals surface area contributed by atoms with E-state index < -0.39 is 0 Å². The van der Waals surface area contributed by atoms with E-state index in [2.05, 4.69) is 37.9 Å². The van der Waals surface area contributed by atoms with E-state index in [4.69, 9.17) is 14.2 Å². The topological polar surface area (TPSA) is 60.0 Å². The third-order valence-electron chi connectivity index (χ3n) is 4.40. The van der Waals surface area contributed by atoms with Crippen molar-refractivity contribution in [2.75, 3.05) is 38.7 Å². The summed E-state index contributed by atoms with van der Waals surface area (Å²) < 4.78 is 16.4. The van der Waals surface area contributed by atoms with Gasteiger partial charge in [0.1, 0.15) is 12.4 Å². The maximum Gasteiger partial charge on any atom is 0.242 e. The SMILES string of the molecule is COCCOc1cccc(NC(=O)C(C(C)C)N2CC(C)OC(C)C2)c1. The van der Waals surface area contributed by atoms with Crippen LogP contribution in [0.4, 0.5) is 5.69 Å². The summed E-state index contributed by atoms with van der Waals surface area (Å²) in [7, 11) is 1.64. The Kier molecular flexibility index (Phi) is 7.87. The molecule has 1 aromatic carbocycles. The van der Waals surface area contributed by atoms with Crippen molar-refractivity contribution in [1.82, 2.24) is 4.90 Å². The molecule has 1 heterocycles. The standard InChI is InChI=1S/C20H32N2O4/c1-14(2)19(22-12-15(3)26-16(4)13-22)20(23)21-17-7-6-8-18(11-17)25-10-9-24-5/h6-8,11,14-16,19H,9-10,12-13H2,1-5H3,(H,21,23). The van der Waals surface area contributed by atoms with E-state index in [1.165, 1.54) is 0 Å². The maximum atomic E-state index is 13.0. The number of hydrogen-bond donors (Lipinski definition) is 1. The van der Waals surface area contributed by atoms with Crippen molar-refractivity contribution in [1.29, 1.82) is 0 Å². The molecule has 0 aliphatic carbocycles. The van der Waals surface area contributed by atoms with Crippen LogP contribution in [0.15, 0.2) is 24.3 Å². The molecule has 0 spiro atoms. The molecule has 1 aromatic rings. The number of hydrogen-bond acceptors (Lipinski definition) is 5. The summed E-state index contributed by atoms with van der Waals surface area (Å²) >= 11 is 0. The molecule has 26 heavy (non-hydrogen) atoms. The Bertz CT molecular complexity index is 569. The Morgan fingerprint density at radius 1 is 1.27 bits per heavy atom. The third kappa shape index (κ3) is 5.97. The quantitative estimate of drug-likeness (QED) is 0.719. The Labute approximate surface area is 156 Å². The Hall–Kier alpha value is -1.63. The minimum atomic E-state index is -0.193. The largest absolute Gasteiger partial charge is 0.491 e. The number of carbonyl (C=O) groups excluding carboxylic acids is 1. The highest BCUT2D eigenvalue weighted by Crippen LogP contribution is 2.22. The predicted octanol–water partition coefficient (Wildman–Crippen LogP) is 2.78. The molecule has 3 atom stereocenters. The maximum absolute atomic E-state index is 13.0. The zero-order valence-electron chi connectivity index (χ0n) is 16.5. The molecule has 1 fully saturated rings. The second-order valence-corrected chi connectivity index (χ2v) is 7.26. The smallest absolute Gasteiger partial charge is 0.242 e. The lowest BCUT2D eigenvalue weighted by molar-refractivity contribution is -0.130. The van der Waals surface area contributed by atoms with Crippen LogP contribution >= 0.6 is 0 Å². The average Bonchev–Trinajstić information content (AvgIpc) is 2.54. The Morgan fingerprint density at radius 2 is 1.96 bits per heavy atom. The molecular weight excluding hydrogens is 332 g/mol. The van der Waals surface area contributed by atoms with Crippen molar-refractivity contribution in [2.45, 2.75) is 45.9 Å². The first-order valence-electron chi connectivity index (χ1n) is 9.33. The highest BCUT2D eigenvalue weighted by atomic mass is 16.5. The van der Waals surface area contributed by atoms with Crippen LogP contribution in [-0.2, 0) is 14.3 Å². The van der Waals surface area contributed by atoms with Gasteiger partial charge < -0.3 is 19.5 Å². The fraction of sp³-hybridized carbons (Fsp3) is 0.650. The van der Waals surface area contributed by atoms with E-state index in [9.17, 15) is 4.79 Å². The summed E-state index contributed by atoms with van der Waals surface area (Å²) in [6.45, 7) is 10.8. The van der Waals surface area contributed by atoms with Gasteiger partial charge in [-0.3, -0.25) is 9.69 Å². The summed E-state index contributed by atoms with van der Waals surface area (Å²) in [5, 5.41) is 3.05. The van der Waals surface area contributed by atoms with Gasteiger partial charge in [-0.15, -0.1) is 0 Å². The number of nitrogens with zero attached hydrogens (tertiary/aromatic N) is 1. The summed E-state index contributed by atoms with van der Waals surface area (Å²) in [5.41, 5.74) is 0.741. The molecule has 0 saturated carbocycles. The minimum absolute atomic E-state index is 0.00958. The molecule has 1 N–H and O–H groups in total. The van der Waals surface area contributed by atoms with Crippen molar-refractivity contribution in [3.63, 3.8) is 0 Å². The molecule has 2 rings (SSSR count). The van der Waals surface area contributed by atoms with E-state index >= 15 is 0 Å². The van der Waals surface area contributed by atoms with Crippen LogP contribution in [-0.4, -0.2) is 62.5 Å². The molecule has 0 radical (unpaired) electrons. The molecule has 6 nitrogen and oxygen atoms in total. The normalized spacial score (nSPS) is 22.2. The lowest BCUT2D eigenvalue weighted by Crippen LogP contribution is -2.55. The van der Waals surface area contributed by atoms with Gasteiger partial charge in [-0.2, -0.15) is 0 Å². The van der Waals surface area contributed by atoms with Crippen LogP contribution in [0.5, 0.6) is 5.75 Å². The number of benzene rings is 1. The zero-order chi connectivity index (χ0) is 19.1. The van der Waals surface area contributed by atoms with Crippen LogP contribution in [0.1, 0.15) is 27.7 Å². The van der Waals surface area contributed by atoms with Gasteiger partial charge in [-0.1, -0.05) is 19.9 Å². The number of ether oxygens (including phenoxy) is 3. The van der Waals surface area contributed by atoms with Crippen molar-refractivity contribution < 1.29 is 19.0 Å². The lowest BCUT2D eigenvalue weighted by Gasteiger charge is -2.41.